The van der Waals surface area contributed by atoms with E-state index >= 15 is 0 Å². The number of nitrogens with zero attached hydrogens (tertiary/aromatic N) is 2. The van der Waals surface area contributed by atoms with Crippen LogP contribution in [-0.4, -0.2) is 31.1 Å². The average molecular weight is 399 g/mol. The molecule has 0 saturated carbocycles. The van der Waals surface area contributed by atoms with Gasteiger partial charge in [0.2, 0.25) is 0 Å². The summed E-state index contributed by atoms with van der Waals surface area (Å²) in [4.78, 5) is 35.9. The molecule has 0 amide bonds. The molecule has 1 aliphatic rings. The molecule has 0 radical (unpaired) electrons. The molecule has 1 heterocycles. The van der Waals surface area contributed by atoms with Crippen molar-refractivity contribution in [1.82, 2.24) is 0 Å². The molecule has 26 heavy (non-hydrogen) atoms. The minimum Gasteiger partial charge on any atom is -0.465 e. The molecule has 0 unspecified atom stereocenters. The van der Waals surface area contributed by atoms with Crippen molar-refractivity contribution < 1.29 is 24.0 Å². The van der Waals surface area contributed by atoms with E-state index in [9.17, 15) is 19.7 Å². The summed E-state index contributed by atoms with van der Waals surface area (Å²) in [5.74, 6) is -1.64. The lowest BCUT2D eigenvalue weighted by atomic mass is 10.1. The smallest absolute Gasteiger partial charge is 0.355 e. The van der Waals surface area contributed by atoms with Gasteiger partial charge in [-0.15, -0.1) is 0 Å². The highest BCUT2D eigenvalue weighted by molar-refractivity contribution is 6.40. The van der Waals surface area contributed by atoms with Crippen LogP contribution in [0.15, 0.2) is 47.8 Å². The topological polar surface area (TPSA) is 99.0 Å². The van der Waals surface area contributed by atoms with Gasteiger partial charge in [0.25, 0.3) is 5.69 Å². The number of halogens is 2. The third kappa shape index (κ3) is 3.71. The van der Waals surface area contributed by atoms with Crippen molar-refractivity contribution in [3.8, 4) is 0 Å². The number of anilines is 1. The van der Waals surface area contributed by atoms with E-state index in [-0.39, 0.29) is 32.7 Å². The zero-order valence-electron chi connectivity index (χ0n) is 13.6. The number of nitro benzene ring substituents is 1. The highest BCUT2D eigenvalue weighted by Gasteiger charge is 2.30. The van der Waals surface area contributed by atoms with Crippen LogP contribution in [0.5, 0.6) is 0 Å². The Hall–Kier alpha value is -2.84. The number of nitro groups is 1. The van der Waals surface area contributed by atoms with E-state index in [1.807, 2.05) is 0 Å². The number of ether oxygens (including phenoxy) is 2. The number of methoxy groups -OCH3 is 2. The molecule has 0 saturated heterocycles. The molecule has 0 atom stereocenters. The third-order valence-electron chi connectivity index (χ3n) is 3.34. The molecular formula is C16H12Cl2N2O6. The lowest BCUT2D eigenvalue weighted by Gasteiger charge is -2.24. The number of non-ortho nitro benzene ring substituents is 1. The summed E-state index contributed by atoms with van der Waals surface area (Å²) in [6.45, 7) is 0. The molecule has 0 N–H and O–H groups in total. The Morgan fingerprint density at radius 3 is 2.15 bits per heavy atom. The van der Waals surface area contributed by atoms with Gasteiger partial charge in [-0.25, -0.2) is 9.59 Å². The van der Waals surface area contributed by atoms with Gasteiger partial charge in [-0.3, -0.25) is 10.1 Å². The Kier molecular flexibility index (Phi) is 6.01. The number of allylic oxidation sites excluding steroid dienone is 2. The van der Waals surface area contributed by atoms with Crippen molar-refractivity contribution in [1.29, 1.82) is 0 Å². The molecule has 10 heteroatoms. The zero-order valence-corrected chi connectivity index (χ0v) is 15.1. The van der Waals surface area contributed by atoms with Crippen molar-refractivity contribution in [2.75, 3.05) is 19.1 Å². The van der Waals surface area contributed by atoms with Crippen LogP contribution in [0.4, 0.5) is 11.4 Å². The average Bonchev–Trinajstić information content (AvgIpc) is 2.82. The van der Waals surface area contributed by atoms with E-state index in [2.05, 4.69) is 0 Å². The molecule has 136 valence electrons. The summed E-state index contributed by atoms with van der Waals surface area (Å²) >= 11 is 12.3. The number of rotatable bonds is 4. The minimum atomic E-state index is -0.855. The molecule has 8 nitrogen and oxygen atoms in total. The number of hydrogen-bond donors (Lipinski definition) is 0. The zero-order chi connectivity index (χ0) is 19.4. The van der Waals surface area contributed by atoms with Crippen LogP contribution in [0.3, 0.4) is 0 Å². The second kappa shape index (κ2) is 8.03. The van der Waals surface area contributed by atoms with Gasteiger partial charge in [0.05, 0.1) is 40.4 Å². The van der Waals surface area contributed by atoms with Crippen molar-refractivity contribution in [3.63, 3.8) is 0 Å². The Bertz CT molecular complexity index is 852. The predicted molar refractivity (Wildman–Crippen MR) is 94.9 cm³/mol. The first-order chi connectivity index (χ1) is 12.3. The number of benzene rings is 1. The first-order valence-corrected chi connectivity index (χ1v) is 7.75. The van der Waals surface area contributed by atoms with Crippen LogP contribution in [0.2, 0.25) is 10.0 Å². The van der Waals surface area contributed by atoms with Crippen LogP contribution < -0.4 is 4.90 Å². The van der Waals surface area contributed by atoms with Gasteiger partial charge in [0.1, 0.15) is 5.70 Å². The summed E-state index contributed by atoms with van der Waals surface area (Å²) in [5, 5.41) is 10.8. The van der Waals surface area contributed by atoms with Crippen LogP contribution in [-0.2, 0) is 19.1 Å². The lowest BCUT2D eigenvalue weighted by Crippen LogP contribution is -2.27. The molecule has 0 bridgehead atoms. The third-order valence-corrected chi connectivity index (χ3v) is 3.92. The summed E-state index contributed by atoms with van der Waals surface area (Å²) in [6, 6.07) is 2.17. The van der Waals surface area contributed by atoms with Crippen LogP contribution in [0.1, 0.15) is 0 Å². The first kappa shape index (κ1) is 19.5. The van der Waals surface area contributed by atoms with Gasteiger partial charge in [-0.1, -0.05) is 29.3 Å². The molecule has 1 aromatic carbocycles. The van der Waals surface area contributed by atoms with E-state index < -0.39 is 16.9 Å². The first-order valence-electron chi connectivity index (χ1n) is 7.00. The number of carbonyl (C=O) groups is 2. The molecule has 1 aromatic rings. The highest BCUT2D eigenvalue weighted by Crippen LogP contribution is 2.40. The fraction of sp³-hybridized carbons (Fsp3) is 0.125. The van der Waals surface area contributed by atoms with E-state index in [4.69, 9.17) is 32.7 Å². The number of carbonyl (C=O) groups excluding carboxylic acids is 2. The molecule has 0 aliphatic carbocycles. The summed E-state index contributed by atoms with van der Waals surface area (Å²) < 4.78 is 9.46. The quantitative estimate of drug-likeness (QED) is 0.435. The molecular weight excluding hydrogens is 387 g/mol. The van der Waals surface area contributed by atoms with Crippen molar-refractivity contribution in [2.24, 2.45) is 0 Å². The molecule has 0 fully saturated rings. The summed E-state index contributed by atoms with van der Waals surface area (Å²) in [7, 11) is 2.30. The van der Waals surface area contributed by atoms with Gasteiger partial charge in [-0.2, -0.15) is 0 Å². The molecule has 1 aliphatic heterocycles. The maximum atomic E-state index is 12.3. The fourth-order valence-electron chi connectivity index (χ4n) is 2.22. The maximum absolute atomic E-state index is 12.3. The monoisotopic (exact) mass is 398 g/mol. The van der Waals surface area contributed by atoms with Gasteiger partial charge < -0.3 is 14.4 Å². The Labute approximate surface area is 158 Å². The summed E-state index contributed by atoms with van der Waals surface area (Å²) in [6.07, 6.45) is 5.80. The standard InChI is InChI=1S/C16H12Cl2N2O6/c1-25-15(21)10-5-3-4-6-19(13(10)16(22)26-2)14-11(17)7-9(20(23)24)8-12(14)18/h3-8H,1-2H3. The van der Waals surface area contributed by atoms with Gasteiger partial charge in [-0.05, 0) is 12.2 Å². The predicted octanol–water partition coefficient (Wildman–Crippen LogP) is 3.39. The number of esters is 2. The van der Waals surface area contributed by atoms with E-state index in [0.29, 0.717) is 0 Å². The lowest BCUT2D eigenvalue weighted by molar-refractivity contribution is -0.384. The normalized spacial score (nSPS) is 13.5. The molecule has 0 spiro atoms. The SMILES string of the molecule is COC(=O)C1=C(C(=O)OC)N(c2c(Cl)cc([N+](=O)[O-])cc2Cl)C=CC=C1. The van der Waals surface area contributed by atoms with E-state index in [1.54, 1.807) is 0 Å². The maximum Gasteiger partial charge on any atom is 0.355 e. The Morgan fingerprint density at radius 2 is 1.65 bits per heavy atom. The van der Waals surface area contributed by atoms with E-state index in [0.717, 1.165) is 26.4 Å². The van der Waals surface area contributed by atoms with Crippen LogP contribution in [0.25, 0.3) is 0 Å². The molecule has 0 aromatic heterocycles. The summed E-state index contributed by atoms with van der Waals surface area (Å²) in [5.41, 5.74) is -0.560. The van der Waals surface area contributed by atoms with Crippen molar-refractivity contribution in [2.45, 2.75) is 0 Å². The Balaban J connectivity index is 2.76. The highest BCUT2D eigenvalue weighted by atomic mass is 35.5. The molecule has 2 rings (SSSR count). The van der Waals surface area contributed by atoms with Gasteiger partial charge >= 0.3 is 11.9 Å². The second-order valence-electron chi connectivity index (χ2n) is 4.83. The largest absolute Gasteiger partial charge is 0.465 e. The van der Waals surface area contributed by atoms with Gasteiger partial charge in [0, 0.05) is 18.3 Å². The Morgan fingerprint density at radius 1 is 1.08 bits per heavy atom. The van der Waals surface area contributed by atoms with Crippen LogP contribution >= 0.6 is 23.2 Å². The fourth-order valence-corrected chi connectivity index (χ4v) is 2.88. The van der Waals surface area contributed by atoms with Crippen LogP contribution in [0, 0.1) is 10.1 Å². The minimum absolute atomic E-state index is 0.0701. The van der Waals surface area contributed by atoms with E-state index in [1.165, 1.54) is 29.3 Å². The van der Waals surface area contributed by atoms with Crippen molar-refractivity contribution >= 4 is 46.5 Å². The van der Waals surface area contributed by atoms with Gasteiger partial charge in [0.15, 0.2) is 0 Å². The number of hydrogen-bond acceptors (Lipinski definition) is 7. The van der Waals surface area contributed by atoms with Crippen molar-refractivity contribution in [3.05, 3.63) is 68.0 Å². The second-order valence-corrected chi connectivity index (χ2v) is 5.65.